The summed E-state index contributed by atoms with van der Waals surface area (Å²) in [4.78, 5) is 11.3. The molecule has 0 fully saturated rings. The molecule has 0 aliphatic rings. The number of halogens is 1. The highest BCUT2D eigenvalue weighted by Gasteiger charge is 2.23. The number of nitro benzene ring substituents is 1. The highest BCUT2D eigenvalue weighted by atomic mass is 32.2. The normalized spacial score (nSPS) is 11.5. The number of benzene rings is 2. The molecule has 0 heterocycles. The summed E-state index contributed by atoms with van der Waals surface area (Å²) in [6.07, 6.45) is 0. The molecular formula is C16H19FN3O5S+. The van der Waals surface area contributed by atoms with Crippen molar-refractivity contribution in [3.05, 3.63) is 58.4 Å². The van der Waals surface area contributed by atoms with Crippen LogP contribution in [-0.4, -0.2) is 40.5 Å². The molecule has 2 aromatic rings. The topological polar surface area (TPSA) is 103 Å². The van der Waals surface area contributed by atoms with E-state index in [1.54, 1.807) is 0 Å². The third-order valence-electron chi connectivity index (χ3n) is 3.41. The Morgan fingerprint density at radius 3 is 2.50 bits per heavy atom. The van der Waals surface area contributed by atoms with Crippen LogP contribution in [-0.2, 0) is 10.0 Å². The molecule has 0 unspecified atom stereocenters. The first-order valence-corrected chi connectivity index (χ1v) is 9.18. The fourth-order valence-corrected chi connectivity index (χ4v) is 3.11. The van der Waals surface area contributed by atoms with E-state index in [0.29, 0.717) is 6.54 Å². The van der Waals surface area contributed by atoms with E-state index in [-0.39, 0.29) is 22.9 Å². The van der Waals surface area contributed by atoms with Crippen LogP contribution in [0.25, 0.3) is 0 Å². The van der Waals surface area contributed by atoms with Crippen molar-refractivity contribution in [2.24, 2.45) is 0 Å². The summed E-state index contributed by atoms with van der Waals surface area (Å²) in [6.45, 7) is 0.738. The number of hydrogen-bond acceptors (Lipinski definition) is 5. The van der Waals surface area contributed by atoms with Gasteiger partial charge in [-0.1, -0.05) is 12.1 Å². The number of nitrogens with one attached hydrogen (secondary N) is 2. The van der Waals surface area contributed by atoms with Crippen LogP contribution in [0.1, 0.15) is 0 Å². The second-order valence-electron chi connectivity index (χ2n) is 5.77. The first kappa shape index (κ1) is 19.8. The lowest BCUT2D eigenvalue weighted by molar-refractivity contribution is -0.856. The minimum atomic E-state index is -3.91. The van der Waals surface area contributed by atoms with Gasteiger partial charge in [-0.15, -0.1) is 0 Å². The van der Waals surface area contributed by atoms with Gasteiger partial charge < -0.3 is 9.64 Å². The van der Waals surface area contributed by atoms with Crippen LogP contribution >= 0.6 is 0 Å². The summed E-state index contributed by atoms with van der Waals surface area (Å²) >= 11 is 0. The Morgan fingerprint density at radius 1 is 1.19 bits per heavy atom. The van der Waals surface area contributed by atoms with Crippen molar-refractivity contribution in [1.29, 1.82) is 0 Å². The van der Waals surface area contributed by atoms with Crippen molar-refractivity contribution in [1.82, 2.24) is 4.72 Å². The number of nitrogens with zero attached hydrogens (tertiary/aromatic N) is 1. The molecule has 0 atom stereocenters. The Labute approximate surface area is 150 Å². The van der Waals surface area contributed by atoms with Gasteiger partial charge in [-0.25, -0.2) is 17.5 Å². The Balaban J connectivity index is 2.31. The van der Waals surface area contributed by atoms with Crippen LogP contribution < -0.4 is 14.4 Å². The van der Waals surface area contributed by atoms with Gasteiger partial charge in [0.05, 0.1) is 37.0 Å². The van der Waals surface area contributed by atoms with Crippen LogP contribution in [0, 0.1) is 15.9 Å². The van der Waals surface area contributed by atoms with E-state index in [2.05, 4.69) is 4.72 Å². The molecule has 2 rings (SSSR count). The molecule has 0 bridgehead atoms. The Bertz CT molecular complexity index is 903. The maximum atomic E-state index is 13.7. The Kier molecular flexibility index (Phi) is 6.24. The van der Waals surface area contributed by atoms with Crippen molar-refractivity contribution in [2.45, 2.75) is 4.90 Å². The molecule has 8 nitrogen and oxygen atoms in total. The molecule has 0 aromatic heterocycles. The molecule has 0 aliphatic heterocycles. The van der Waals surface area contributed by atoms with Crippen LogP contribution in [0.2, 0.25) is 0 Å². The fourth-order valence-electron chi connectivity index (χ4n) is 2.06. The second-order valence-corrected chi connectivity index (χ2v) is 7.54. The number of hydrogen-bond donors (Lipinski definition) is 2. The number of likely N-dealkylation sites (N-methyl/N-ethyl adjacent to an activating group) is 1. The van der Waals surface area contributed by atoms with E-state index >= 15 is 0 Å². The minimum Gasteiger partial charge on any atom is -0.447 e. The van der Waals surface area contributed by atoms with Gasteiger partial charge in [-0.2, -0.15) is 0 Å². The molecule has 0 saturated carbocycles. The molecule has 140 valence electrons. The third kappa shape index (κ3) is 4.97. The van der Waals surface area contributed by atoms with Gasteiger partial charge in [0.2, 0.25) is 15.8 Å². The van der Waals surface area contributed by atoms with Crippen LogP contribution in [0.15, 0.2) is 47.4 Å². The summed E-state index contributed by atoms with van der Waals surface area (Å²) in [7, 11) is -0.169. The first-order chi connectivity index (χ1) is 12.2. The highest BCUT2D eigenvalue weighted by Crippen LogP contribution is 2.34. The van der Waals surface area contributed by atoms with Crippen molar-refractivity contribution in [3.63, 3.8) is 0 Å². The zero-order valence-electron chi connectivity index (χ0n) is 14.2. The molecule has 0 spiro atoms. The third-order valence-corrected chi connectivity index (χ3v) is 4.87. The molecule has 0 amide bonds. The molecule has 2 N–H and O–H groups in total. The van der Waals surface area contributed by atoms with Crippen molar-refractivity contribution < 1.29 is 27.4 Å². The van der Waals surface area contributed by atoms with Gasteiger partial charge in [0.25, 0.3) is 0 Å². The van der Waals surface area contributed by atoms with Crippen LogP contribution in [0.5, 0.6) is 11.5 Å². The minimum absolute atomic E-state index is 0.186. The van der Waals surface area contributed by atoms with Gasteiger partial charge in [-0.3, -0.25) is 10.1 Å². The van der Waals surface area contributed by atoms with Gasteiger partial charge in [-0.05, 0) is 24.3 Å². The average Bonchev–Trinajstić information content (AvgIpc) is 2.56. The summed E-state index contributed by atoms with van der Waals surface area (Å²) in [5.41, 5.74) is -0.575. The smallest absolute Gasteiger partial charge is 0.312 e. The Morgan fingerprint density at radius 2 is 1.88 bits per heavy atom. The van der Waals surface area contributed by atoms with E-state index in [4.69, 9.17) is 4.74 Å². The molecule has 2 aromatic carbocycles. The fraction of sp³-hybridized carbons (Fsp3) is 0.250. The standard InChI is InChI=1S/C16H18FN3O5S/c1-19(2)10-9-18-26(23,24)12-7-8-16(14(11-12)20(21)22)25-15-6-4-3-5-13(15)17/h3-8,11,18H,9-10H2,1-2H3/p+1. The quantitative estimate of drug-likeness (QED) is 0.521. The van der Waals surface area contributed by atoms with Gasteiger partial charge in [0.15, 0.2) is 11.6 Å². The number of quaternary nitrogens is 1. The molecule has 0 radical (unpaired) electrons. The van der Waals surface area contributed by atoms with Gasteiger partial charge in [0.1, 0.15) is 0 Å². The zero-order valence-corrected chi connectivity index (χ0v) is 15.0. The summed E-state index contributed by atoms with van der Waals surface area (Å²) in [5, 5.41) is 11.3. The number of rotatable bonds is 8. The Hall–Kier alpha value is -2.56. The van der Waals surface area contributed by atoms with E-state index in [1.165, 1.54) is 24.3 Å². The maximum Gasteiger partial charge on any atom is 0.312 e. The largest absolute Gasteiger partial charge is 0.447 e. The summed E-state index contributed by atoms with van der Waals surface area (Å²) < 4.78 is 45.8. The lowest BCUT2D eigenvalue weighted by Crippen LogP contribution is -3.06. The highest BCUT2D eigenvalue weighted by molar-refractivity contribution is 7.89. The zero-order chi connectivity index (χ0) is 19.3. The molecule has 0 saturated heterocycles. The van der Waals surface area contributed by atoms with E-state index in [1.807, 2.05) is 14.1 Å². The summed E-state index contributed by atoms with van der Waals surface area (Å²) in [6, 6.07) is 8.63. The monoisotopic (exact) mass is 384 g/mol. The number of ether oxygens (including phenoxy) is 1. The first-order valence-electron chi connectivity index (χ1n) is 7.70. The van der Waals surface area contributed by atoms with E-state index in [0.717, 1.165) is 23.1 Å². The van der Waals surface area contributed by atoms with E-state index in [9.17, 15) is 22.9 Å². The molecular weight excluding hydrogens is 365 g/mol. The maximum absolute atomic E-state index is 13.7. The number of nitro groups is 1. The predicted molar refractivity (Wildman–Crippen MR) is 92.4 cm³/mol. The van der Waals surface area contributed by atoms with Crippen LogP contribution in [0.3, 0.4) is 0 Å². The van der Waals surface area contributed by atoms with Crippen molar-refractivity contribution in [2.75, 3.05) is 27.2 Å². The van der Waals surface area contributed by atoms with Crippen LogP contribution in [0.4, 0.5) is 10.1 Å². The van der Waals surface area contributed by atoms with Crippen molar-refractivity contribution in [3.8, 4) is 11.5 Å². The SMILES string of the molecule is C[NH+](C)CCNS(=O)(=O)c1ccc(Oc2ccccc2F)c([N+](=O)[O-])c1. The number of sulfonamides is 1. The lowest BCUT2D eigenvalue weighted by atomic mass is 10.3. The predicted octanol–water partition coefficient (Wildman–Crippen LogP) is 0.949. The summed E-state index contributed by atoms with van der Waals surface area (Å²) in [5.74, 6) is -1.14. The molecule has 0 aliphatic carbocycles. The number of para-hydroxylation sites is 1. The molecule has 26 heavy (non-hydrogen) atoms. The van der Waals surface area contributed by atoms with Crippen molar-refractivity contribution >= 4 is 15.7 Å². The lowest BCUT2D eigenvalue weighted by Gasteiger charge is -2.11. The van der Waals surface area contributed by atoms with Gasteiger partial charge in [0, 0.05) is 6.07 Å². The average molecular weight is 384 g/mol. The second kappa shape index (κ2) is 8.21. The van der Waals surface area contributed by atoms with E-state index < -0.39 is 26.5 Å². The van der Waals surface area contributed by atoms with Gasteiger partial charge >= 0.3 is 5.69 Å². The molecule has 10 heteroatoms.